The monoisotopic (exact) mass is 794 g/mol. The van der Waals surface area contributed by atoms with Crippen molar-refractivity contribution in [2.24, 2.45) is 0 Å². The maximum absolute atomic E-state index is 14.5. The summed E-state index contributed by atoms with van der Waals surface area (Å²) in [5.74, 6) is -14.6. The molecule has 0 radical (unpaired) electrons. The predicted molar refractivity (Wildman–Crippen MR) is 156 cm³/mol. The van der Waals surface area contributed by atoms with Crippen molar-refractivity contribution in [3.05, 3.63) is 103 Å². The summed E-state index contributed by atoms with van der Waals surface area (Å²) >= 11 is -4.34. The van der Waals surface area contributed by atoms with E-state index in [9.17, 15) is 52.7 Å². The number of carbonyl (C=O) groups excluding carboxylic acids is 1. The quantitative estimate of drug-likeness (QED) is 0.0864. The molecule has 0 atom stereocenters. The summed E-state index contributed by atoms with van der Waals surface area (Å²) in [6.45, 7) is 0. The van der Waals surface area contributed by atoms with Crippen molar-refractivity contribution in [1.82, 2.24) is 0 Å². The molecule has 0 aliphatic rings. The molecule has 46 heavy (non-hydrogen) atoms. The molecule has 248 valence electrons. The molecule has 4 aromatic rings. The molecule has 0 fully saturated rings. The van der Waals surface area contributed by atoms with E-state index in [0.29, 0.717) is 22.3 Å². The van der Waals surface area contributed by atoms with Gasteiger partial charge in [0.2, 0.25) is 0 Å². The van der Waals surface area contributed by atoms with Crippen LogP contribution in [0, 0.1) is 7.14 Å². The van der Waals surface area contributed by atoms with Crippen molar-refractivity contribution in [1.29, 1.82) is 0 Å². The van der Waals surface area contributed by atoms with Crippen LogP contribution in [0.5, 0.6) is 11.5 Å². The normalized spacial score (nSPS) is 13.4. The van der Waals surface area contributed by atoms with E-state index >= 15 is 0 Å². The minimum atomic E-state index is -7.45. The van der Waals surface area contributed by atoms with Gasteiger partial charge in [-0.3, -0.25) is 0 Å². The molecular weight excluding hydrogens is 774 g/mol. The van der Waals surface area contributed by atoms with Gasteiger partial charge < -0.3 is 0 Å². The van der Waals surface area contributed by atoms with Crippen LogP contribution in [0.4, 0.5) is 39.5 Å². The van der Waals surface area contributed by atoms with Gasteiger partial charge in [0.25, 0.3) is 0 Å². The fraction of sp³-hybridized carbons (Fsp3) is 0.207. The number of hydrogen-bond donors (Lipinski definition) is 0. The SMILES string of the molecule is COc1ccc2c(OC)ccc(C(=O)c3ccc(I(OS(=O)(=O)C(F)(F)C(F)(F)C(F)(F)C(F)(F)F)c4ccccc4)cc3)c2c1. The van der Waals surface area contributed by atoms with Crippen LogP contribution < -0.4 is 9.47 Å². The van der Waals surface area contributed by atoms with E-state index in [1.54, 1.807) is 18.2 Å². The number of carbonyl (C=O) groups is 1. The third-order valence-electron chi connectivity index (χ3n) is 6.46. The molecule has 4 rings (SSSR count). The van der Waals surface area contributed by atoms with Gasteiger partial charge in [-0.25, -0.2) is 0 Å². The zero-order chi connectivity index (χ0) is 34.3. The first-order chi connectivity index (χ1) is 21.3. The minimum absolute atomic E-state index is 0.00791. The second kappa shape index (κ2) is 12.6. The molecule has 0 spiro atoms. The first-order valence-electron chi connectivity index (χ1n) is 12.5. The van der Waals surface area contributed by atoms with Crippen LogP contribution in [0.1, 0.15) is 15.9 Å². The summed E-state index contributed by atoms with van der Waals surface area (Å²) in [5.41, 5.74) is 0.165. The summed E-state index contributed by atoms with van der Waals surface area (Å²) in [6, 6.07) is 18.7. The Bertz CT molecular complexity index is 1850. The molecule has 0 bridgehead atoms. The van der Waals surface area contributed by atoms with E-state index < -0.39 is 59.4 Å². The Morgan fingerprint density at radius 3 is 1.80 bits per heavy atom. The zero-order valence-corrected chi connectivity index (χ0v) is 26.2. The topological polar surface area (TPSA) is 78.9 Å². The molecule has 0 heterocycles. The van der Waals surface area contributed by atoms with Gasteiger partial charge in [-0.15, -0.1) is 0 Å². The molecule has 0 aliphatic heterocycles. The van der Waals surface area contributed by atoms with Crippen molar-refractivity contribution < 1.29 is 64.7 Å². The Morgan fingerprint density at radius 1 is 0.674 bits per heavy atom. The van der Waals surface area contributed by atoms with Crippen LogP contribution in [-0.4, -0.2) is 51.7 Å². The number of halogens is 10. The molecule has 17 heteroatoms. The summed E-state index contributed by atoms with van der Waals surface area (Å²) < 4.78 is 161. The number of alkyl halides is 9. The summed E-state index contributed by atoms with van der Waals surface area (Å²) in [4.78, 5) is 13.5. The van der Waals surface area contributed by atoms with Crippen LogP contribution in [0.3, 0.4) is 0 Å². The Labute approximate surface area is 263 Å². The second-order valence-electron chi connectivity index (χ2n) is 9.29. The first-order valence-corrected chi connectivity index (χ1v) is 16.9. The van der Waals surface area contributed by atoms with Gasteiger partial charge in [0.05, 0.1) is 0 Å². The van der Waals surface area contributed by atoms with Gasteiger partial charge in [-0.2, -0.15) is 0 Å². The molecule has 0 aromatic heterocycles. The van der Waals surface area contributed by atoms with Crippen molar-refractivity contribution >= 4 is 46.9 Å². The van der Waals surface area contributed by atoms with E-state index in [0.717, 1.165) is 36.4 Å². The van der Waals surface area contributed by atoms with Crippen molar-refractivity contribution in [2.75, 3.05) is 14.2 Å². The van der Waals surface area contributed by atoms with E-state index in [1.165, 1.54) is 44.6 Å². The van der Waals surface area contributed by atoms with Crippen LogP contribution in [0.15, 0.2) is 84.9 Å². The van der Waals surface area contributed by atoms with Crippen molar-refractivity contribution in [3.63, 3.8) is 0 Å². The Balaban J connectivity index is 1.75. The molecule has 0 aliphatic carbocycles. The fourth-order valence-electron chi connectivity index (χ4n) is 4.04. The third kappa shape index (κ3) is 6.11. The number of rotatable bonds is 11. The molecule has 6 nitrogen and oxygen atoms in total. The third-order valence-corrected chi connectivity index (χ3v) is 13.8. The summed E-state index contributed by atoms with van der Waals surface area (Å²) in [7, 11) is -4.31. The van der Waals surface area contributed by atoms with Gasteiger partial charge in [-0.1, -0.05) is 0 Å². The van der Waals surface area contributed by atoms with Crippen LogP contribution >= 0.6 is 20.2 Å². The van der Waals surface area contributed by atoms with Crippen molar-refractivity contribution in [2.45, 2.75) is 23.3 Å². The molecular formula is C29H20F9IO6S. The zero-order valence-electron chi connectivity index (χ0n) is 23.2. The first kappa shape index (κ1) is 35.3. The van der Waals surface area contributed by atoms with Crippen molar-refractivity contribution in [3.8, 4) is 11.5 Å². The number of ketones is 1. The number of methoxy groups -OCH3 is 2. The van der Waals surface area contributed by atoms with Crippen LogP contribution in [0.2, 0.25) is 0 Å². The summed E-state index contributed by atoms with van der Waals surface area (Å²) in [5, 5.41) is -6.04. The Hall–Kier alpha value is -3.58. The predicted octanol–water partition coefficient (Wildman–Crippen LogP) is 8.32. The summed E-state index contributed by atoms with van der Waals surface area (Å²) in [6.07, 6.45) is -7.23. The molecule has 0 unspecified atom stereocenters. The maximum atomic E-state index is 14.5. The van der Waals surface area contributed by atoms with Gasteiger partial charge in [0.1, 0.15) is 0 Å². The number of ether oxygens (including phenoxy) is 2. The van der Waals surface area contributed by atoms with Gasteiger partial charge in [0.15, 0.2) is 0 Å². The van der Waals surface area contributed by atoms with Crippen LogP contribution in [0.25, 0.3) is 10.8 Å². The Morgan fingerprint density at radius 2 is 1.26 bits per heavy atom. The average Bonchev–Trinajstić information content (AvgIpc) is 3.02. The molecule has 0 amide bonds. The standard InChI is InChI=1S/C29H20F9IO6S/c1-43-20-12-13-21-23(16-20)22(14-15-24(21)44-2)25(40)17-8-10-19(11-9-17)39(18-6-4-3-5-7-18)45-46(41,42)29(37,38)27(32,33)26(30,31)28(34,35)36/h3-16H,1-2H3. The van der Waals surface area contributed by atoms with E-state index in [2.05, 4.69) is 2.51 Å². The van der Waals surface area contributed by atoms with E-state index in [-0.39, 0.29) is 18.3 Å². The van der Waals surface area contributed by atoms with Gasteiger partial charge in [0, 0.05) is 0 Å². The average molecular weight is 794 g/mol. The van der Waals surface area contributed by atoms with Crippen LogP contribution in [-0.2, 0) is 12.6 Å². The number of fused-ring (bicyclic) bond motifs is 1. The number of benzene rings is 4. The van der Waals surface area contributed by atoms with Gasteiger partial charge in [-0.05, 0) is 0 Å². The molecule has 0 N–H and O–H groups in total. The number of hydrogen-bond acceptors (Lipinski definition) is 6. The molecule has 0 saturated carbocycles. The van der Waals surface area contributed by atoms with E-state index in [1.807, 2.05) is 0 Å². The molecule has 0 saturated heterocycles. The second-order valence-corrected chi connectivity index (χ2v) is 15.8. The van der Waals surface area contributed by atoms with Gasteiger partial charge >= 0.3 is 264 Å². The fourth-order valence-corrected chi connectivity index (χ4v) is 11.0. The Kier molecular flexibility index (Phi) is 9.63. The van der Waals surface area contributed by atoms with E-state index in [4.69, 9.17) is 9.47 Å². The molecule has 4 aromatic carbocycles.